The maximum Gasteiger partial charge on any atom is 0.161 e. The van der Waals surface area contributed by atoms with Crippen LogP contribution in [0.15, 0.2) is 18.2 Å². The van der Waals surface area contributed by atoms with Gasteiger partial charge >= 0.3 is 0 Å². The Hall–Kier alpha value is -1.27. The molecule has 1 atom stereocenters. The average Bonchev–Trinajstić information content (AvgIpc) is 2.91. The fourth-order valence-corrected chi connectivity index (χ4v) is 3.91. The smallest absolute Gasteiger partial charge is 0.161 e. The van der Waals surface area contributed by atoms with E-state index in [0.717, 1.165) is 19.5 Å². The second-order valence-electron chi connectivity index (χ2n) is 5.42. The number of hydrogen-bond donors (Lipinski definition) is 1. The monoisotopic (exact) mass is 297 g/mol. The van der Waals surface area contributed by atoms with Crippen molar-refractivity contribution in [1.29, 1.82) is 0 Å². The first-order chi connectivity index (χ1) is 9.57. The van der Waals surface area contributed by atoms with Crippen molar-refractivity contribution in [2.24, 2.45) is 0 Å². The molecule has 0 saturated carbocycles. The van der Waals surface area contributed by atoms with Crippen molar-refractivity contribution < 1.29 is 17.9 Å². The molecule has 0 bridgehead atoms. The minimum absolute atomic E-state index is 0.102. The van der Waals surface area contributed by atoms with Crippen LogP contribution in [0.3, 0.4) is 0 Å². The van der Waals surface area contributed by atoms with Crippen LogP contribution < -0.4 is 14.8 Å². The molecule has 2 fully saturated rings. The quantitative estimate of drug-likeness (QED) is 0.896. The minimum atomic E-state index is -2.87. The Labute approximate surface area is 119 Å². The fraction of sp³-hybridized carbons (Fsp3) is 0.571. The summed E-state index contributed by atoms with van der Waals surface area (Å²) in [4.78, 5) is 0. The molecule has 0 spiro atoms. The third kappa shape index (κ3) is 2.76. The Balaban J connectivity index is 1.74. The third-order valence-corrected chi connectivity index (χ3v) is 5.65. The molecule has 0 radical (unpaired) electrons. The van der Waals surface area contributed by atoms with Gasteiger partial charge in [0.1, 0.15) is 6.10 Å². The highest BCUT2D eigenvalue weighted by atomic mass is 32.2. The standard InChI is InChI=1S/C14H19NO4S/c1-18-14-6-10(11-4-5-15-7-11)2-3-13(14)19-12-8-20(16,17)9-12/h2-3,6,11-12,15H,4-5,7-9H2,1H3. The Morgan fingerprint density at radius 1 is 1.25 bits per heavy atom. The first-order valence-electron chi connectivity index (χ1n) is 6.83. The Morgan fingerprint density at radius 3 is 2.65 bits per heavy atom. The van der Waals surface area contributed by atoms with E-state index < -0.39 is 9.84 Å². The van der Waals surface area contributed by atoms with Gasteiger partial charge in [0.25, 0.3) is 0 Å². The van der Waals surface area contributed by atoms with Crippen LogP contribution in [-0.4, -0.2) is 46.2 Å². The molecule has 0 aliphatic carbocycles. The molecular formula is C14H19NO4S. The lowest BCUT2D eigenvalue weighted by Crippen LogP contribution is -2.45. The minimum Gasteiger partial charge on any atom is -0.493 e. The molecule has 2 heterocycles. The molecule has 1 aromatic carbocycles. The van der Waals surface area contributed by atoms with E-state index in [9.17, 15) is 8.42 Å². The predicted molar refractivity (Wildman–Crippen MR) is 76.3 cm³/mol. The molecule has 2 aliphatic rings. The molecule has 1 aromatic rings. The van der Waals surface area contributed by atoms with Crippen LogP contribution in [0.5, 0.6) is 11.5 Å². The number of hydrogen-bond acceptors (Lipinski definition) is 5. The molecular weight excluding hydrogens is 278 g/mol. The Morgan fingerprint density at radius 2 is 2.05 bits per heavy atom. The lowest BCUT2D eigenvalue weighted by atomic mass is 9.98. The van der Waals surface area contributed by atoms with Gasteiger partial charge in [-0.3, -0.25) is 0 Å². The van der Waals surface area contributed by atoms with Crippen molar-refractivity contribution >= 4 is 9.84 Å². The topological polar surface area (TPSA) is 64.6 Å². The Bertz CT molecular complexity index is 581. The highest BCUT2D eigenvalue weighted by molar-refractivity contribution is 7.92. The highest BCUT2D eigenvalue weighted by Crippen LogP contribution is 2.34. The van der Waals surface area contributed by atoms with Crippen LogP contribution in [0.2, 0.25) is 0 Å². The van der Waals surface area contributed by atoms with Crippen LogP contribution >= 0.6 is 0 Å². The summed E-state index contributed by atoms with van der Waals surface area (Å²) in [5.41, 5.74) is 1.24. The van der Waals surface area contributed by atoms with Crippen molar-refractivity contribution in [3.05, 3.63) is 23.8 Å². The SMILES string of the molecule is COc1cc(C2CCNC2)ccc1OC1CS(=O)(=O)C1. The Kier molecular flexibility index (Phi) is 3.60. The summed E-state index contributed by atoms with van der Waals surface area (Å²) in [7, 11) is -1.26. The first kappa shape index (κ1) is 13.7. The molecule has 2 aliphatic heterocycles. The average molecular weight is 297 g/mol. The summed E-state index contributed by atoms with van der Waals surface area (Å²) >= 11 is 0. The lowest BCUT2D eigenvalue weighted by Gasteiger charge is -2.27. The fourth-order valence-electron chi connectivity index (χ4n) is 2.74. The second-order valence-corrected chi connectivity index (χ2v) is 7.57. The van der Waals surface area contributed by atoms with Crippen LogP contribution in [0, 0.1) is 0 Å². The molecule has 3 rings (SSSR count). The van der Waals surface area contributed by atoms with Crippen molar-refractivity contribution in [1.82, 2.24) is 5.32 Å². The van der Waals surface area contributed by atoms with Gasteiger partial charge in [0.15, 0.2) is 21.3 Å². The largest absolute Gasteiger partial charge is 0.493 e. The molecule has 110 valence electrons. The first-order valence-corrected chi connectivity index (χ1v) is 8.65. The van der Waals surface area contributed by atoms with E-state index in [0.29, 0.717) is 17.4 Å². The third-order valence-electron chi connectivity index (χ3n) is 3.89. The lowest BCUT2D eigenvalue weighted by molar-refractivity contribution is 0.219. The van der Waals surface area contributed by atoms with E-state index in [1.807, 2.05) is 18.2 Å². The van der Waals surface area contributed by atoms with Gasteiger partial charge < -0.3 is 14.8 Å². The van der Waals surface area contributed by atoms with E-state index in [-0.39, 0.29) is 17.6 Å². The van der Waals surface area contributed by atoms with Crippen molar-refractivity contribution in [2.45, 2.75) is 18.4 Å². The summed E-state index contributed by atoms with van der Waals surface area (Å²) in [6, 6.07) is 5.93. The van der Waals surface area contributed by atoms with Crippen LogP contribution in [-0.2, 0) is 9.84 Å². The summed E-state index contributed by atoms with van der Waals surface area (Å²) < 4.78 is 33.4. The molecule has 0 aromatic heterocycles. The van der Waals surface area contributed by atoms with Crippen LogP contribution in [0.4, 0.5) is 0 Å². The van der Waals surface area contributed by atoms with E-state index >= 15 is 0 Å². The maximum atomic E-state index is 11.2. The normalized spacial score (nSPS) is 25.1. The number of benzene rings is 1. The summed E-state index contributed by atoms with van der Waals surface area (Å²) in [5, 5.41) is 3.34. The van der Waals surface area contributed by atoms with Gasteiger partial charge in [-0.15, -0.1) is 0 Å². The number of sulfone groups is 1. The summed E-state index contributed by atoms with van der Waals surface area (Å²) in [5.74, 6) is 2.03. The number of ether oxygens (including phenoxy) is 2. The van der Waals surface area contributed by atoms with E-state index in [1.165, 1.54) is 5.56 Å². The van der Waals surface area contributed by atoms with Crippen molar-refractivity contribution in [2.75, 3.05) is 31.7 Å². The zero-order valence-corrected chi connectivity index (χ0v) is 12.3. The molecule has 6 heteroatoms. The molecule has 0 amide bonds. The highest BCUT2D eigenvalue weighted by Gasteiger charge is 2.35. The van der Waals surface area contributed by atoms with Gasteiger partial charge in [-0.2, -0.15) is 0 Å². The van der Waals surface area contributed by atoms with Crippen molar-refractivity contribution in [3.63, 3.8) is 0 Å². The summed E-state index contributed by atoms with van der Waals surface area (Å²) in [6.07, 6.45) is 0.887. The predicted octanol–water partition coefficient (Wildman–Crippen LogP) is 0.948. The van der Waals surface area contributed by atoms with Gasteiger partial charge in [0, 0.05) is 6.54 Å². The zero-order valence-electron chi connectivity index (χ0n) is 11.5. The van der Waals surface area contributed by atoms with Gasteiger partial charge in [-0.1, -0.05) is 6.07 Å². The van der Waals surface area contributed by atoms with Crippen LogP contribution in [0.25, 0.3) is 0 Å². The van der Waals surface area contributed by atoms with E-state index in [2.05, 4.69) is 5.32 Å². The maximum absolute atomic E-state index is 11.2. The second kappa shape index (κ2) is 5.26. The molecule has 20 heavy (non-hydrogen) atoms. The molecule has 5 nitrogen and oxygen atoms in total. The number of rotatable bonds is 4. The van der Waals surface area contributed by atoms with Gasteiger partial charge in [-0.05, 0) is 36.6 Å². The van der Waals surface area contributed by atoms with Crippen molar-refractivity contribution in [3.8, 4) is 11.5 Å². The molecule has 1 unspecified atom stereocenters. The zero-order chi connectivity index (χ0) is 14.2. The number of methoxy groups -OCH3 is 1. The molecule has 1 N–H and O–H groups in total. The van der Waals surface area contributed by atoms with Crippen LogP contribution in [0.1, 0.15) is 17.9 Å². The molecule has 2 saturated heterocycles. The summed E-state index contributed by atoms with van der Waals surface area (Å²) in [6.45, 7) is 2.04. The van der Waals surface area contributed by atoms with E-state index in [4.69, 9.17) is 9.47 Å². The van der Waals surface area contributed by atoms with Gasteiger partial charge in [0.05, 0.1) is 18.6 Å². The number of nitrogens with one attached hydrogen (secondary N) is 1. The van der Waals surface area contributed by atoms with E-state index in [1.54, 1.807) is 7.11 Å². The van der Waals surface area contributed by atoms with Gasteiger partial charge in [0.2, 0.25) is 0 Å². The van der Waals surface area contributed by atoms with Gasteiger partial charge in [-0.25, -0.2) is 8.42 Å².